The van der Waals surface area contributed by atoms with Crippen molar-refractivity contribution in [3.05, 3.63) is 12.3 Å². The Hall–Kier alpha value is -0.790. The van der Waals surface area contributed by atoms with Crippen molar-refractivity contribution < 1.29 is 4.79 Å². The summed E-state index contributed by atoms with van der Waals surface area (Å²) < 4.78 is 0. The van der Waals surface area contributed by atoms with Crippen molar-refractivity contribution in [1.29, 1.82) is 0 Å². The van der Waals surface area contributed by atoms with Gasteiger partial charge < -0.3 is 10.1 Å². The molecular formula is C12H21NO. The van der Waals surface area contributed by atoms with Crippen LogP contribution in [0.1, 0.15) is 46.0 Å². The first-order chi connectivity index (χ1) is 6.58. The first-order valence-electron chi connectivity index (χ1n) is 5.49. The van der Waals surface area contributed by atoms with E-state index in [2.05, 4.69) is 11.9 Å². The van der Waals surface area contributed by atoms with Gasteiger partial charge in [-0.2, -0.15) is 0 Å². The standard InChI is InChI=1S/C12H21NO/c1-9(2)13-12-6-4-11(5-7-12)8-10(3)14/h11-13H,1,4-8H2,2-3H3. The van der Waals surface area contributed by atoms with Gasteiger partial charge in [0.2, 0.25) is 0 Å². The van der Waals surface area contributed by atoms with Crippen molar-refractivity contribution in [2.45, 2.75) is 52.0 Å². The molecule has 0 atom stereocenters. The topological polar surface area (TPSA) is 29.1 Å². The lowest BCUT2D eigenvalue weighted by atomic mass is 9.83. The van der Waals surface area contributed by atoms with E-state index in [1.54, 1.807) is 6.92 Å². The van der Waals surface area contributed by atoms with Gasteiger partial charge in [-0.3, -0.25) is 0 Å². The zero-order chi connectivity index (χ0) is 10.6. The van der Waals surface area contributed by atoms with E-state index in [1.807, 2.05) is 6.92 Å². The SMILES string of the molecule is C=C(C)NC1CCC(CC(C)=O)CC1. The average molecular weight is 195 g/mol. The van der Waals surface area contributed by atoms with E-state index in [-0.39, 0.29) is 0 Å². The summed E-state index contributed by atoms with van der Waals surface area (Å²) in [6, 6.07) is 0.593. The van der Waals surface area contributed by atoms with Gasteiger partial charge in [-0.05, 0) is 45.4 Å². The summed E-state index contributed by atoms with van der Waals surface area (Å²) in [6.45, 7) is 7.55. The van der Waals surface area contributed by atoms with Gasteiger partial charge in [-0.15, -0.1) is 0 Å². The number of hydrogen-bond donors (Lipinski definition) is 1. The zero-order valence-corrected chi connectivity index (χ0v) is 9.31. The van der Waals surface area contributed by atoms with Gasteiger partial charge in [0.1, 0.15) is 5.78 Å². The molecule has 1 fully saturated rings. The third-order valence-corrected chi connectivity index (χ3v) is 2.87. The summed E-state index contributed by atoms with van der Waals surface area (Å²) >= 11 is 0. The highest BCUT2D eigenvalue weighted by atomic mass is 16.1. The fraction of sp³-hybridized carbons (Fsp3) is 0.750. The molecule has 0 spiro atoms. The van der Waals surface area contributed by atoms with E-state index in [0.717, 1.165) is 12.1 Å². The number of nitrogens with one attached hydrogen (secondary N) is 1. The monoisotopic (exact) mass is 195 g/mol. The van der Waals surface area contributed by atoms with Crippen molar-refractivity contribution in [2.24, 2.45) is 5.92 Å². The van der Waals surface area contributed by atoms with Crippen LogP contribution < -0.4 is 5.32 Å². The number of rotatable bonds is 4. The maximum Gasteiger partial charge on any atom is 0.130 e. The molecule has 2 heteroatoms. The Kier molecular flexibility index (Phi) is 4.18. The van der Waals surface area contributed by atoms with Gasteiger partial charge in [0.15, 0.2) is 0 Å². The Balaban J connectivity index is 2.24. The summed E-state index contributed by atoms with van der Waals surface area (Å²) in [5.41, 5.74) is 1.06. The molecule has 0 unspecified atom stereocenters. The molecule has 80 valence electrons. The summed E-state index contributed by atoms with van der Waals surface area (Å²) in [4.78, 5) is 10.9. The van der Waals surface area contributed by atoms with Crippen LogP contribution in [0.25, 0.3) is 0 Å². The van der Waals surface area contributed by atoms with Crippen LogP contribution in [0.15, 0.2) is 12.3 Å². The van der Waals surface area contributed by atoms with Crippen molar-refractivity contribution in [2.75, 3.05) is 0 Å². The predicted molar refractivity (Wildman–Crippen MR) is 59.0 cm³/mol. The second-order valence-corrected chi connectivity index (χ2v) is 4.55. The Morgan fingerprint density at radius 3 is 2.29 bits per heavy atom. The molecule has 1 aliphatic carbocycles. The second kappa shape index (κ2) is 5.18. The fourth-order valence-electron chi connectivity index (χ4n) is 2.27. The molecule has 1 N–H and O–H groups in total. The molecule has 14 heavy (non-hydrogen) atoms. The Morgan fingerprint density at radius 1 is 1.29 bits per heavy atom. The largest absolute Gasteiger partial charge is 0.386 e. The first-order valence-corrected chi connectivity index (χ1v) is 5.49. The number of carbonyl (C=O) groups is 1. The van der Waals surface area contributed by atoms with Crippen LogP contribution in [0.4, 0.5) is 0 Å². The number of ketones is 1. The summed E-state index contributed by atoms with van der Waals surface area (Å²) in [5.74, 6) is 0.969. The highest BCUT2D eigenvalue weighted by molar-refractivity contribution is 5.75. The quantitative estimate of drug-likeness (QED) is 0.747. The third-order valence-electron chi connectivity index (χ3n) is 2.87. The molecule has 0 aromatic heterocycles. The predicted octanol–water partition coefficient (Wildman–Crippen LogP) is 2.65. The van der Waals surface area contributed by atoms with E-state index in [0.29, 0.717) is 17.7 Å². The van der Waals surface area contributed by atoms with Crippen molar-refractivity contribution in [3.63, 3.8) is 0 Å². The van der Waals surface area contributed by atoms with Gasteiger partial charge in [-0.1, -0.05) is 6.58 Å². The average Bonchev–Trinajstić information content (AvgIpc) is 2.06. The lowest BCUT2D eigenvalue weighted by molar-refractivity contribution is -0.118. The fourth-order valence-corrected chi connectivity index (χ4v) is 2.27. The van der Waals surface area contributed by atoms with Crippen molar-refractivity contribution in [3.8, 4) is 0 Å². The first kappa shape index (κ1) is 11.3. The normalized spacial score (nSPS) is 27.0. The van der Waals surface area contributed by atoms with Crippen LogP contribution in [0.2, 0.25) is 0 Å². The smallest absolute Gasteiger partial charge is 0.130 e. The third kappa shape index (κ3) is 3.95. The number of hydrogen-bond acceptors (Lipinski definition) is 2. The number of carbonyl (C=O) groups excluding carboxylic acids is 1. The van der Waals surface area contributed by atoms with Crippen LogP contribution in [0.3, 0.4) is 0 Å². The minimum absolute atomic E-state index is 0.335. The Bertz CT molecular complexity index is 190. The number of Topliss-reactive ketones (excluding diaryl/α,β-unsaturated/α-hetero) is 1. The minimum atomic E-state index is 0.335. The molecule has 0 aromatic rings. The van der Waals surface area contributed by atoms with Gasteiger partial charge in [0.25, 0.3) is 0 Å². The molecule has 0 aromatic carbocycles. The molecule has 1 rings (SSSR count). The lowest BCUT2D eigenvalue weighted by Gasteiger charge is -2.29. The van der Waals surface area contributed by atoms with E-state index < -0.39 is 0 Å². The molecule has 1 saturated carbocycles. The second-order valence-electron chi connectivity index (χ2n) is 4.55. The van der Waals surface area contributed by atoms with Gasteiger partial charge in [0, 0.05) is 18.2 Å². The molecule has 0 heterocycles. The maximum absolute atomic E-state index is 10.9. The highest BCUT2D eigenvalue weighted by Crippen LogP contribution is 2.27. The van der Waals surface area contributed by atoms with Gasteiger partial charge in [-0.25, -0.2) is 0 Å². The van der Waals surface area contributed by atoms with E-state index in [9.17, 15) is 4.79 Å². The maximum atomic E-state index is 10.9. The van der Waals surface area contributed by atoms with Crippen LogP contribution in [-0.4, -0.2) is 11.8 Å². The minimum Gasteiger partial charge on any atom is -0.386 e. The lowest BCUT2D eigenvalue weighted by Crippen LogP contribution is -2.32. The summed E-state index contributed by atoms with van der Waals surface area (Å²) in [5, 5.41) is 3.38. The summed E-state index contributed by atoms with van der Waals surface area (Å²) in [7, 11) is 0. The van der Waals surface area contributed by atoms with Gasteiger partial charge >= 0.3 is 0 Å². The van der Waals surface area contributed by atoms with Crippen LogP contribution in [0, 0.1) is 5.92 Å². The Labute approximate surface area is 86.8 Å². The molecule has 2 nitrogen and oxygen atoms in total. The van der Waals surface area contributed by atoms with Crippen LogP contribution in [-0.2, 0) is 4.79 Å². The van der Waals surface area contributed by atoms with Crippen molar-refractivity contribution in [1.82, 2.24) is 5.32 Å². The molecule has 0 saturated heterocycles. The van der Waals surface area contributed by atoms with Crippen LogP contribution >= 0.6 is 0 Å². The van der Waals surface area contributed by atoms with Crippen molar-refractivity contribution >= 4 is 5.78 Å². The molecule has 1 aliphatic rings. The molecule has 0 amide bonds. The summed E-state index contributed by atoms with van der Waals surface area (Å²) in [6.07, 6.45) is 5.52. The zero-order valence-electron chi connectivity index (χ0n) is 9.31. The van der Waals surface area contributed by atoms with E-state index in [1.165, 1.54) is 25.7 Å². The molecule has 0 bridgehead atoms. The highest BCUT2D eigenvalue weighted by Gasteiger charge is 2.21. The molecule has 0 aliphatic heterocycles. The van der Waals surface area contributed by atoms with Crippen LogP contribution in [0.5, 0.6) is 0 Å². The van der Waals surface area contributed by atoms with Gasteiger partial charge in [0.05, 0.1) is 0 Å². The van der Waals surface area contributed by atoms with E-state index >= 15 is 0 Å². The molecular weight excluding hydrogens is 174 g/mol. The molecule has 0 radical (unpaired) electrons. The number of allylic oxidation sites excluding steroid dienone is 1. The van der Waals surface area contributed by atoms with E-state index in [4.69, 9.17) is 0 Å². The Morgan fingerprint density at radius 2 is 1.86 bits per heavy atom.